The number of methoxy groups -OCH3 is 1. The number of ether oxygens (including phenoxy) is 1. The number of rotatable bonds is 6. The zero-order valence-electron chi connectivity index (χ0n) is 12.3. The van der Waals surface area contributed by atoms with Gasteiger partial charge < -0.3 is 9.64 Å². The first-order chi connectivity index (χ1) is 9.83. The first-order valence-corrected chi connectivity index (χ1v) is 7.56. The molecule has 3 heteroatoms. The smallest absolute Gasteiger partial charge is 0.118 e. The zero-order chi connectivity index (χ0) is 14.2. The molecule has 2 rings (SSSR count). The van der Waals surface area contributed by atoms with Crippen LogP contribution < -0.4 is 4.74 Å². The Hall–Kier alpha value is -1.53. The van der Waals surface area contributed by atoms with Crippen LogP contribution in [0.15, 0.2) is 24.3 Å². The summed E-state index contributed by atoms with van der Waals surface area (Å²) < 4.78 is 5.21. The van der Waals surface area contributed by atoms with Gasteiger partial charge in [-0.25, -0.2) is 0 Å². The fourth-order valence-corrected chi connectivity index (χ4v) is 2.91. The molecule has 0 aromatic heterocycles. The second kappa shape index (κ2) is 7.91. The molecule has 0 aliphatic carbocycles. The van der Waals surface area contributed by atoms with Crippen LogP contribution >= 0.6 is 0 Å². The number of unbranched alkanes of at least 4 members (excludes halogenated alkanes) is 2. The third-order valence-electron chi connectivity index (χ3n) is 4.19. The van der Waals surface area contributed by atoms with Gasteiger partial charge >= 0.3 is 0 Å². The molecule has 0 saturated carbocycles. The van der Waals surface area contributed by atoms with Gasteiger partial charge in [-0.3, -0.25) is 0 Å². The summed E-state index contributed by atoms with van der Waals surface area (Å²) in [5, 5.41) is 8.53. The fourth-order valence-electron chi connectivity index (χ4n) is 2.91. The summed E-state index contributed by atoms with van der Waals surface area (Å²) in [5.41, 5.74) is 1.44. The second-order valence-electron chi connectivity index (χ2n) is 5.50. The van der Waals surface area contributed by atoms with E-state index in [1.54, 1.807) is 7.11 Å². The van der Waals surface area contributed by atoms with Crippen LogP contribution in [0.3, 0.4) is 0 Å². The van der Waals surface area contributed by atoms with E-state index in [0.29, 0.717) is 12.3 Å². The molecule has 0 bridgehead atoms. The van der Waals surface area contributed by atoms with E-state index >= 15 is 0 Å². The van der Waals surface area contributed by atoms with Gasteiger partial charge in [0.15, 0.2) is 0 Å². The first-order valence-electron chi connectivity index (χ1n) is 7.56. The molecule has 3 nitrogen and oxygen atoms in total. The van der Waals surface area contributed by atoms with E-state index in [1.165, 1.54) is 31.5 Å². The van der Waals surface area contributed by atoms with Gasteiger partial charge in [0.1, 0.15) is 5.75 Å². The highest BCUT2D eigenvalue weighted by molar-refractivity contribution is 5.29. The van der Waals surface area contributed by atoms with Crippen LogP contribution in [0.25, 0.3) is 0 Å². The summed E-state index contributed by atoms with van der Waals surface area (Å²) in [6.07, 6.45) is 5.37. The van der Waals surface area contributed by atoms with Crippen molar-refractivity contribution in [1.82, 2.24) is 4.90 Å². The Balaban J connectivity index is 1.74. The predicted molar refractivity (Wildman–Crippen MR) is 80.9 cm³/mol. The number of benzene rings is 1. The molecule has 1 aliphatic rings. The molecule has 0 atom stereocenters. The summed E-state index contributed by atoms with van der Waals surface area (Å²) in [6.45, 7) is 3.52. The third-order valence-corrected chi connectivity index (χ3v) is 4.19. The second-order valence-corrected chi connectivity index (χ2v) is 5.50. The predicted octanol–water partition coefficient (Wildman–Crippen LogP) is 3.57. The molecular weight excluding hydrogens is 248 g/mol. The van der Waals surface area contributed by atoms with E-state index in [1.807, 2.05) is 0 Å². The minimum atomic E-state index is 0.691. The first kappa shape index (κ1) is 14.9. The number of piperidine rings is 1. The van der Waals surface area contributed by atoms with E-state index in [9.17, 15) is 0 Å². The van der Waals surface area contributed by atoms with E-state index in [2.05, 4.69) is 35.2 Å². The SMILES string of the molecule is COc1ccc(C2CCN(CCCCC#N)CC2)cc1. The Morgan fingerprint density at radius 2 is 1.90 bits per heavy atom. The largest absolute Gasteiger partial charge is 0.497 e. The van der Waals surface area contributed by atoms with Crippen molar-refractivity contribution >= 4 is 0 Å². The molecule has 1 fully saturated rings. The molecule has 1 aromatic rings. The lowest BCUT2D eigenvalue weighted by Crippen LogP contribution is -2.33. The van der Waals surface area contributed by atoms with Crippen LogP contribution in [0.1, 0.15) is 43.6 Å². The fraction of sp³-hybridized carbons (Fsp3) is 0.588. The average molecular weight is 272 g/mol. The van der Waals surface area contributed by atoms with Gasteiger partial charge in [-0.15, -0.1) is 0 Å². The van der Waals surface area contributed by atoms with Gasteiger partial charge in [0.05, 0.1) is 13.2 Å². The standard InChI is InChI=1S/C17H24N2O/c1-20-17-7-5-15(6-8-17)16-9-13-19(14-10-16)12-4-2-3-11-18/h5-8,16H,2-4,9-10,12-14H2,1H3. The van der Waals surface area contributed by atoms with E-state index in [-0.39, 0.29) is 0 Å². The maximum atomic E-state index is 8.53. The lowest BCUT2D eigenvalue weighted by Gasteiger charge is -2.32. The highest BCUT2D eigenvalue weighted by atomic mass is 16.5. The quantitative estimate of drug-likeness (QED) is 0.743. The highest BCUT2D eigenvalue weighted by Crippen LogP contribution is 2.29. The van der Waals surface area contributed by atoms with E-state index in [0.717, 1.165) is 25.1 Å². The Morgan fingerprint density at radius 3 is 2.50 bits per heavy atom. The molecule has 1 saturated heterocycles. The molecular formula is C17H24N2O. The van der Waals surface area contributed by atoms with Crippen LogP contribution in [0.2, 0.25) is 0 Å². The van der Waals surface area contributed by atoms with Crippen molar-refractivity contribution in [2.75, 3.05) is 26.7 Å². The van der Waals surface area contributed by atoms with Gasteiger partial charge in [0.25, 0.3) is 0 Å². The van der Waals surface area contributed by atoms with Gasteiger partial charge in [-0.2, -0.15) is 5.26 Å². The van der Waals surface area contributed by atoms with Gasteiger partial charge in [-0.05, 0) is 68.9 Å². The molecule has 0 N–H and O–H groups in total. The highest BCUT2D eigenvalue weighted by Gasteiger charge is 2.20. The Morgan fingerprint density at radius 1 is 1.20 bits per heavy atom. The number of hydrogen-bond acceptors (Lipinski definition) is 3. The summed E-state index contributed by atoms with van der Waals surface area (Å²) in [5.74, 6) is 1.62. The topological polar surface area (TPSA) is 36.3 Å². The maximum Gasteiger partial charge on any atom is 0.118 e. The molecule has 0 spiro atoms. The monoisotopic (exact) mass is 272 g/mol. The molecule has 20 heavy (non-hydrogen) atoms. The van der Waals surface area contributed by atoms with Crippen LogP contribution in [-0.4, -0.2) is 31.6 Å². The average Bonchev–Trinajstić information content (AvgIpc) is 2.52. The van der Waals surface area contributed by atoms with Crippen molar-refractivity contribution in [3.63, 3.8) is 0 Å². The van der Waals surface area contributed by atoms with Gasteiger partial charge in [0, 0.05) is 6.42 Å². The lowest BCUT2D eigenvalue weighted by atomic mass is 9.89. The molecule has 0 amide bonds. The molecule has 1 heterocycles. The minimum absolute atomic E-state index is 0.691. The molecule has 108 valence electrons. The van der Waals surface area contributed by atoms with Crippen molar-refractivity contribution < 1.29 is 4.74 Å². The van der Waals surface area contributed by atoms with Crippen molar-refractivity contribution in [2.24, 2.45) is 0 Å². The summed E-state index contributed by atoms with van der Waals surface area (Å²) in [7, 11) is 1.71. The number of nitrogens with zero attached hydrogens (tertiary/aromatic N) is 2. The molecule has 0 radical (unpaired) electrons. The van der Waals surface area contributed by atoms with E-state index in [4.69, 9.17) is 10.00 Å². The summed E-state index contributed by atoms with van der Waals surface area (Å²) in [4.78, 5) is 2.54. The minimum Gasteiger partial charge on any atom is -0.497 e. The van der Waals surface area contributed by atoms with Crippen molar-refractivity contribution in [3.8, 4) is 11.8 Å². The van der Waals surface area contributed by atoms with Crippen LogP contribution in [0.4, 0.5) is 0 Å². The van der Waals surface area contributed by atoms with Crippen molar-refractivity contribution in [2.45, 2.75) is 38.0 Å². The van der Waals surface area contributed by atoms with Crippen LogP contribution in [-0.2, 0) is 0 Å². The molecule has 1 aromatic carbocycles. The number of hydrogen-bond donors (Lipinski definition) is 0. The number of likely N-dealkylation sites (tertiary alicyclic amines) is 1. The zero-order valence-corrected chi connectivity index (χ0v) is 12.3. The Labute approximate surface area is 122 Å². The Kier molecular flexibility index (Phi) is 5.88. The summed E-state index contributed by atoms with van der Waals surface area (Å²) >= 11 is 0. The summed E-state index contributed by atoms with van der Waals surface area (Å²) in [6, 6.07) is 10.7. The van der Waals surface area contributed by atoms with Gasteiger partial charge in [-0.1, -0.05) is 12.1 Å². The maximum absolute atomic E-state index is 8.53. The van der Waals surface area contributed by atoms with Crippen LogP contribution in [0, 0.1) is 11.3 Å². The van der Waals surface area contributed by atoms with Crippen LogP contribution in [0.5, 0.6) is 5.75 Å². The van der Waals surface area contributed by atoms with E-state index < -0.39 is 0 Å². The Bertz CT molecular complexity index is 427. The van der Waals surface area contributed by atoms with Crippen molar-refractivity contribution in [3.05, 3.63) is 29.8 Å². The third kappa shape index (κ3) is 4.25. The molecule has 0 unspecified atom stereocenters. The molecule has 1 aliphatic heterocycles. The van der Waals surface area contributed by atoms with Gasteiger partial charge in [0.2, 0.25) is 0 Å². The normalized spacial score (nSPS) is 16.8. The lowest BCUT2D eigenvalue weighted by molar-refractivity contribution is 0.209. The number of nitriles is 1. The van der Waals surface area contributed by atoms with Crippen molar-refractivity contribution in [1.29, 1.82) is 5.26 Å².